The molecule has 0 spiro atoms. The maximum Gasteiger partial charge on any atom is 0.256 e. The Hall–Kier alpha value is -2.12. The monoisotopic (exact) mass is 332 g/mol. The van der Waals surface area contributed by atoms with E-state index in [0.717, 1.165) is 31.7 Å². The summed E-state index contributed by atoms with van der Waals surface area (Å²) in [6, 6.07) is 3.83. The number of rotatable bonds is 8. The highest BCUT2D eigenvalue weighted by Gasteiger charge is 2.17. The van der Waals surface area contributed by atoms with Crippen molar-refractivity contribution in [2.24, 2.45) is 7.05 Å². The quantitative estimate of drug-likeness (QED) is 0.744. The minimum Gasteiger partial charge on any atom is -0.379 e. The van der Waals surface area contributed by atoms with Crippen LogP contribution < -0.4 is 5.32 Å². The predicted octanol–water partition coefficient (Wildman–Crippen LogP) is 1.53. The van der Waals surface area contributed by atoms with Gasteiger partial charge in [0.05, 0.1) is 18.9 Å². The van der Waals surface area contributed by atoms with Gasteiger partial charge in [0.25, 0.3) is 5.91 Å². The van der Waals surface area contributed by atoms with Crippen molar-refractivity contribution >= 4 is 5.91 Å². The molecule has 0 unspecified atom stereocenters. The van der Waals surface area contributed by atoms with E-state index in [4.69, 9.17) is 9.47 Å². The van der Waals surface area contributed by atoms with Gasteiger partial charge in [0.15, 0.2) is 0 Å². The lowest BCUT2D eigenvalue weighted by molar-refractivity contribution is 0.0166. The van der Waals surface area contributed by atoms with Crippen LogP contribution in [0.25, 0.3) is 5.82 Å². The average Bonchev–Trinajstić information content (AvgIpc) is 3.31. The molecule has 1 aliphatic rings. The number of carbonyl (C=O) groups excluding carboxylic acids is 1. The molecule has 0 bridgehead atoms. The van der Waals surface area contributed by atoms with E-state index in [2.05, 4.69) is 10.4 Å². The second-order valence-electron chi connectivity index (χ2n) is 5.92. The molecule has 0 saturated carbocycles. The highest BCUT2D eigenvalue weighted by molar-refractivity contribution is 5.97. The summed E-state index contributed by atoms with van der Waals surface area (Å²) in [6.45, 7) is 2.69. The molecule has 0 aliphatic carbocycles. The molecule has 130 valence electrons. The Kier molecular flexibility index (Phi) is 5.66. The van der Waals surface area contributed by atoms with Gasteiger partial charge in [-0.15, -0.1) is 0 Å². The first-order valence-corrected chi connectivity index (χ1v) is 8.38. The lowest BCUT2D eigenvalue weighted by Gasteiger charge is -2.11. The molecule has 1 atom stereocenters. The molecule has 1 fully saturated rings. The number of aryl methyl sites for hydroxylation is 1. The van der Waals surface area contributed by atoms with Gasteiger partial charge < -0.3 is 19.4 Å². The smallest absolute Gasteiger partial charge is 0.256 e. The molecule has 0 radical (unpaired) electrons. The van der Waals surface area contributed by atoms with E-state index in [1.807, 2.05) is 36.1 Å². The number of carbonyl (C=O) groups is 1. The van der Waals surface area contributed by atoms with Gasteiger partial charge in [-0.25, -0.2) is 0 Å². The van der Waals surface area contributed by atoms with Crippen LogP contribution in [0.2, 0.25) is 0 Å². The van der Waals surface area contributed by atoms with Crippen molar-refractivity contribution < 1.29 is 14.3 Å². The second-order valence-corrected chi connectivity index (χ2v) is 5.92. The Bertz CT molecular complexity index is 645. The van der Waals surface area contributed by atoms with Gasteiger partial charge >= 0.3 is 0 Å². The third kappa shape index (κ3) is 4.04. The van der Waals surface area contributed by atoms with Gasteiger partial charge in [0.1, 0.15) is 11.4 Å². The maximum absolute atomic E-state index is 12.4. The lowest BCUT2D eigenvalue weighted by Crippen LogP contribution is -2.26. The second kappa shape index (κ2) is 8.12. The van der Waals surface area contributed by atoms with E-state index in [0.29, 0.717) is 25.3 Å². The van der Waals surface area contributed by atoms with Crippen molar-refractivity contribution in [3.8, 4) is 5.82 Å². The Morgan fingerprint density at radius 1 is 1.46 bits per heavy atom. The first kappa shape index (κ1) is 16.7. The largest absolute Gasteiger partial charge is 0.379 e. The summed E-state index contributed by atoms with van der Waals surface area (Å²) in [5.41, 5.74) is 0.564. The molecule has 7 nitrogen and oxygen atoms in total. The van der Waals surface area contributed by atoms with Crippen molar-refractivity contribution in [3.05, 3.63) is 36.3 Å². The Morgan fingerprint density at radius 2 is 2.29 bits per heavy atom. The predicted molar refractivity (Wildman–Crippen MR) is 89.3 cm³/mol. The van der Waals surface area contributed by atoms with Crippen molar-refractivity contribution in [2.45, 2.75) is 25.4 Å². The number of nitrogens with one attached hydrogen (secondary N) is 1. The fourth-order valence-electron chi connectivity index (χ4n) is 2.84. The number of hydrogen-bond acceptors (Lipinski definition) is 4. The number of hydrogen-bond donors (Lipinski definition) is 1. The van der Waals surface area contributed by atoms with Gasteiger partial charge in [0, 0.05) is 39.2 Å². The van der Waals surface area contributed by atoms with Crippen LogP contribution in [0.1, 0.15) is 29.6 Å². The summed E-state index contributed by atoms with van der Waals surface area (Å²) in [5.74, 6) is 0.637. The SMILES string of the molecule is Cn1ncc(C(=O)NCCCOC[C@H]2CCCO2)c1-n1cccc1. The van der Waals surface area contributed by atoms with Crippen molar-refractivity contribution in [1.82, 2.24) is 19.7 Å². The zero-order valence-corrected chi connectivity index (χ0v) is 14.0. The van der Waals surface area contributed by atoms with Crippen LogP contribution in [-0.4, -0.2) is 52.7 Å². The van der Waals surface area contributed by atoms with Crippen LogP contribution in [0.5, 0.6) is 0 Å². The molecule has 7 heteroatoms. The molecule has 1 N–H and O–H groups in total. The minimum atomic E-state index is -0.120. The van der Waals surface area contributed by atoms with Crippen LogP contribution in [0, 0.1) is 0 Å². The number of amides is 1. The van der Waals surface area contributed by atoms with E-state index in [1.165, 1.54) is 0 Å². The third-order valence-electron chi connectivity index (χ3n) is 4.08. The first-order valence-electron chi connectivity index (χ1n) is 8.38. The molecule has 3 rings (SSSR count). The van der Waals surface area contributed by atoms with E-state index in [-0.39, 0.29) is 12.0 Å². The zero-order chi connectivity index (χ0) is 16.8. The molecular formula is C17H24N4O3. The minimum absolute atomic E-state index is 0.120. The van der Waals surface area contributed by atoms with Crippen molar-refractivity contribution in [1.29, 1.82) is 0 Å². The van der Waals surface area contributed by atoms with Crippen LogP contribution in [0.3, 0.4) is 0 Å². The summed E-state index contributed by atoms with van der Waals surface area (Å²) in [7, 11) is 1.82. The summed E-state index contributed by atoms with van der Waals surface area (Å²) in [6.07, 6.45) is 8.62. The third-order valence-corrected chi connectivity index (χ3v) is 4.08. The Labute approximate surface area is 141 Å². The van der Waals surface area contributed by atoms with Crippen LogP contribution in [0.4, 0.5) is 0 Å². The van der Waals surface area contributed by atoms with E-state index >= 15 is 0 Å². The van der Waals surface area contributed by atoms with Crippen molar-refractivity contribution in [3.63, 3.8) is 0 Å². The Balaban J connectivity index is 1.42. The highest BCUT2D eigenvalue weighted by atomic mass is 16.5. The van der Waals surface area contributed by atoms with E-state index in [9.17, 15) is 4.79 Å². The number of aromatic nitrogens is 3. The number of nitrogens with zero attached hydrogens (tertiary/aromatic N) is 3. The van der Waals surface area contributed by atoms with Gasteiger partial charge in [-0.2, -0.15) is 5.10 Å². The maximum atomic E-state index is 12.4. The number of ether oxygens (including phenoxy) is 2. The van der Waals surface area contributed by atoms with Gasteiger partial charge in [-0.3, -0.25) is 9.48 Å². The highest BCUT2D eigenvalue weighted by Crippen LogP contribution is 2.14. The Morgan fingerprint density at radius 3 is 3.04 bits per heavy atom. The summed E-state index contributed by atoms with van der Waals surface area (Å²) >= 11 is 0. The van der Waals surface area contributed by atoms with Gasteiger partial charge in [-0.1, -0.05) is 0 Å². The molecule has 1 aliphatic heterocycles. The molecule has 1 amide bonds. The molecule has 3 heterocycles. The normalized spacial score (nSPS) is 17.3. The standard InChI is InChI=1S/C17H24N4O3/c1-20-17(21-8-2-3-9-21)15(12-19-20)16(22)18-7-5-10-23-13-14-6-4-11-24-14/h2-3,8-9,12,14H,4-7,10-11,13H2,1H3,(H,18,22)/t14-/m1/s1. The summed E-state index contributed by atoms with van der Waals surface area (Å²) in [4.78, 5) is 12.4. The zero-order valence-electron chi connectivity index (χ0n) is 14.0. The molecule has 24 heavy (non-hydrogen) atoms. The average molecular weight is 332 g/mol. The van der Waals surface area contributed by atoms with Crippen molar-refractivity contribution in [2.75, 3.05) is 26.4 Å². The van der Waals surface area contributed by atoms with Gasteiger partial charge in [-0.05, 0) is 31.4 Å². The van der Waals surface area contributed by atoms with E-state index < -0.39 is 0 Å². The first-order chi connectivity index (χ1) is 11.8. The molecule has 1 saturated heterocycles. The van der Waals surface area contributed by atoms with Crippen LogP contribution >= 0.6 is 0 Å². The summed E-state index contributed by atoms with van der Waals surface area (Å²) in [5, 5.41) is 7.12. The fraction of sp³-hybridized carbons (Fsp3) is 0.529. The molecule has 0 aromatic carbocycles. The topological polar surface area (TPSA) is 70.3 Å². The summed E-state index contributed by atoms with van der Waals surface area (Å²) < 4.78 is 14.7. The molecule has 2 aromatic rings. The lowest BCUT2D eigenvalue weighted by atomic mass is 10.2. The van der Waals surface area contributed by atoms with Crippen LogP contribution in [-0.2, 0) is 16.5 Å². The molecule has 2 aromatic heterocycles. The fourth-order valence-corrected chi connectivity index (χ4v) is 2.84. The van der Waals surface area contributed by atoms with E-state index in [1.54, 1.807) is 10.9 Å². The van der Waals surface area contributed by atoms with Crippen LogP contribution in [0.15, 0.2) is 30.7 Å². The molecular weight excluding hydrogens is 308 g/mol. The van der Waals surface area contributed by atoms with Gasteiger partial charge in [0.2, 0.25) is 0 Å².